The van der Waals surface area contributed by atoms with Gasteiger partial charge in [0.1, 0.15) is 5.82 Å². The molecule has 1 saturated heterocycles. The van der Waals surface area contributed by atoms with Crippen molar-refractivity contribution in [3.63, 3.8) is 0 Å². The lowest BCUT2D eigenvalue weighted by molar-refractivity contribution is -0.138. The lowest BCUT2D eigenvalue weighted by Gasteiger charge is -2.13. The standard InChI is InChI=1S/C15H17FN2O3/c1-10-8-11(2-3-12(10)16)9-17-13(19)6-7-18-14(20)4-5-15(18)21/h2-3,8H,4-7,9H2,1H3,(H,17,19). The number of hydrogen-bond donors (Lipinski definition) is 1. The average Bonchev–Trinajstić information content (AvgIpc) is 2.77. The Labute approximate surface area is 122 Å². The van der Waals surface area contributed by atoms with Crippen molar-refractivity contribution in [2.24, 2.45) is 0 Å². The lowest BCUT2D eigenvalue weighted by atomic mass is 10.1. The monoisotopic (exact) mass is 292 g/mol. The molecule has 0 radical (unpaired) electrons. The van der Waals surface area contributed by atoms with Gasteiger partial charge in [-0.3, -0.25) is 19.3 Å². The minimum Gasteiger partial charge on any atom is -0.352 e. The van der Waals surface area contributed by atoms with Gasteiger partial charge in [0.15, 0.2) is 0 Å². The first-order valence-electron chi connectivity index (χ1n) is 6.82. The van der Waals surface area contributed by atoms with Crippen LogP contribution in [0.25, 0.3) is 0 Å². The first-order chi connectivity index (χ1) is 9.97. The van der Waals surface area contributed by atoms with E-state index in [9.17, 15) is 18.8 Å². The zero-order chi connectivity index (χ0) is 15.4. The molecule has 0 atom stereocenters. The summed E-state index contributed by atoms with van der Waals surface area (Å²) in [6, 6.07) is 4.64. The Kier molecular flexibility index (Phi) is 4.67. The van der Waals surface area contributed by atoms with Crippen LogP contribution in [0.3, 0.4) is 0 Å². The fourth-order valence-corrected chi connectivity index (χ4v) is 2.19. The van der Waals surface area contributed by atoms with Crippen molar-refractivity contribution < 1.29 is 18.8 Å². The number of imide groups is 1. The molecule has 0 spiro atoms. The Balaban J connectivity index is 1.78. The summed E-state index contributed by atoms with van der Waals surface area (Å²) in [5.74, 6) is -0.968. The van der Waals surface area contributed by atoms with Gasteiger partial charge in [0.2, 0.25) is 17.7 Å². The molecule has 0 unspecified atom stereocenters. The third-order valence-corrected chi connectivity index (χ3v) is 3.43. The predicted molar refractivity (Wildman–Crippen MR) is 73.6 cm³/mol. The molecule has 0 bridgehead atoms. The van der Waals surface area contributed by atoms with E-state index in [1.54, 1.807) is 19.1 Å². The lowest BCUT2D eigenvalue weighted by Crippen LogP contribution is -2.34. The zero-order valence-corrected chi connectivity index (χ0v) is 11.8. The Hall–Kier alpha value is -2.24. The molecule has 112 valence electrons. The summed E-state index contributed by atoms with van der Waals surface area (Å²) in [5, 5.41) is 2.69. The Morgan fingerprint density at radius 2 is 1.95 bits per heavy atom. The topological polar surface area (TPSA) is 66.5 Å². The van der Waals surface area contributed by atoms with Crippen LogP contribution >= 0.6 is 0 Å². The molecule has 1 fully saturated rings. The second-order valence-corrected chi connectivity index (χ2v) is 5.05. The number of halogens is 1. The minimum absolute atomic E-state index is 0.0810. The van der Waals surface area contributed by atoms with Gasteiger partial charge in [0, 0.05) is 32.4 Å². The molecule has 0 aliphatic carbocycles. The molecule has 1 aromatic carbocycles. The van der Waals surface area contributed by atoms with Gasteiger partial charge in [-0.05, 0) is 24.1 Å². The van der Waals surface area contributed by atoms with E-state index in [-0.39, 0.29) is 49.3 Å². The van der Waals surface area contributed by atoms with Gasteiger partial charge in [-0.2, -0.15) is 0 Å². The highest BCUT2D eigenvalue weighted by Gasteiger charge is 2.28. The molecule has 1 aliphatic heterocycles. The number of nitrogens with zero attached hydrogens (tertiary/aromatic N) is 1. The highest BCUT2D eigenvalue weighted by molar-refractivity contribution is 6.02. The fourth-order valence-electron chi connectivity index (χ4n) is 2.19. The first kappa shape index (κ1) is 15.2. The average molecular weight is 292 g/mol. The number of carbonyl (C=O) groups is 3. The number of hydrogen-bond acceptors (Lipinski definition) is 3. The summed E-state index contributed by atoms with van der Waals surface area (Å²) >= 11 is 0. The normalized spacial score (nSPS) is 14.7. The summed E-state index contributed by atoms with van der Waals surface area (Å²) in [5.41, 5.74) is 1.32. The van der Waals surface area contributed by atoms with Crippen LogP contribution in [-0.2, 0) is 20.9 Å². The maximum atomic E-state index is 13.1. The summed E-state index contributed by atoms with van der Waals surface area (Å²) in [4.78, 5) is 35.6. The second kappa shape index (κ2) is 6.47. The van der Waals surface area contributed by atoms with E-state index < -0.39 is 0 Å². The van der Waals surface area contributed by atoms with E-state index >= 15 is 0 Å². The van der Waals surface area contributed by atoms with E-state index in [2.05, 4.69) is 5.32 Å². The van der Waals surface area contributed by atoms with E-state index in [1.165, 1.54) is 6.07 Å². The van der Waals surface area contributed by atoms with Crippen molar-refractivity contribution >= 4 is 17.7 Å². The van der Waals surface area contributed by atoms with Gasteiger partial charge in [-0.1, -0.05) is 12.1 Å². The molecular formula is C15H17FN2O3. The van der Waals surface area contributed by atoms with Crippen LogP contribution in [-0.4, -0.2) is 29.2 Å². The number of likely N-dealkylation sites (tertiary alicyclic amines) is 1. The molecule has 2 rings (SSSR count). The van der Waals surface area contributed by atoms with Crippen molar-refractivity contribution in [1.29, 1.82) is 0 Å². The van der Waals surface area contributed by atoms with Crippen LogP contribution in [0.15, 0.2) is 18.2 Å². The van der Waals surface area contributed by atoms with Crippen LogP contribution in [0.2, 0.25) is 0 Å². The Bertz CT molecular complexity index is 570. The fraction of sp³-hybridized carbons (Fsp3) is 0.400. The number of amides is 3. The summed E-state index contributed by atoms with van der Waals surface area (Å²) < 4.78 is 13.1. The smallest absolute Gasteiger partial charge is 0.229 e. The molecule has 3 amide bonds. The van der Waals surface area contributed by atoms with Crippen LogP contribution in [0.1, 0.15) is 30.4 Å². The zero-order valence-electron chi connectivity index (χ0n) is 11.8. The van der Waals surface area contributed by atoms with Crippen molar-refractivity contribution in [3.8, 4) is 0 Å². The van der Waals surface area contributed by atoms with Crippen LogP contribution in [0.4, 0.5) is 4.39 Å². The third kappa shape index (κ3) is 3.87. The number of benzene rings is 1. The predicted octanol–water partition coefficient (Wildman–Crippen LogP) is 1.29. The van der Waals surface area contributed by atoms with Gasteiger partial charge in [0.25, 0.3) is 0 Å². The third-order valence-electron chi connectivity index (χ3n) is 3.43. The maximum Gasteiger partial charge on any atom is 0.229 e. The number of aryl methyl sites for hydroxylation is 1. The largest absolute Gasteiger partial charge is 0.352 e. The van der Waals surface area contributed by atoms with E-state index in [0.29, 0.717) is 12.1 Å². The van der Waals surface area contributed by atoms with Gasteiger partial charge in [0.05, 0.1) is 0 Å². The molecule has 1 heterocycles. The SMILES string of the molecule is Cc1cc(CNC(=O)CCN2C(=O)CCC2=O)ccc1F. The number of carbonyl (C=O) groups excluding carboxylic acids is 3. The van der Waals surface area contributed by atoms with Crippen LogP contribution in [0, 0.1) is 12.7 Å². The molecule has 1 N–H and O–H groups in total. The minimum atomic E-state index is -0.281. The first-order valence-corrected chi connectivity index (χ1v) is 6.82. The summed E-state index contributed by atoms with van der Waals surface area (Å²) in [6.45, 7) is 2.07. The van der Waals surface area contributed by atoms with Crippen molar-refractivity contribution in [2.45, 2.75) is 32.7 Å². The van der Waals surface area contributed by atoms with Crippen LogP contribution < -0.4 is 5.32 Å². The molecule has 0 aromatic heterocycles. The van der Waals surface area contributed by atoms with E-state index in [1.807, 2.05) is 0 Å². The van der Waals surface area contributed by atoms with E-state index in [4.69, 9.17) is 0 Å². The molecule has 6 heteroatoms. The number of nitrogens with one attached hydrogen (secondary N) is 1. The van der Waals surface area contributed by atoms with Gasteiger partial charge < -0.3 is 5.32 Å². The molecule has 0 saturated carbocycles. The van der Waals surface area contributed by atoms with Crippen molar-refractivity contribution in [3.05, 3.63) is 35.1 Å². The van der Waals surface area contributed by atoms with Gasteiger partial charge in [-0.25, -0.2) is 4.39 Å². The van der Waals surface area contributed by atoms with Gasteiger partial charge in [-0.15, -0.1) is 0 Å². The maximum absolute atomic E-state index is 13.1. The van der Waals surface area contributed by atoms with Crippen molar-refractivity contribution in [2.75, 3.05) is 6.54 Å². The molecular weight excluding hydrogens is 275 g/mol. The van der Waals surface area contributed by atoms with Crippen LogP contribution in [0.5, 0.6) is 0 Å². The highest BCUT2D eigenvalue weighted by atomic mass is 19.1. The Morgan fingerprint density at radius 1 is 1.29 bits per heavy atom. The molecule has 1 aliphatic rings. The summed E-state index contributed by atoms with van der Waals surface area (Å²) in [6.07, 6.45) is 0.544. The second-order valence-electron chi connectivity index (χ2n) is 5.05. The van der Waals surface area contributed by atoms with E-state index in [0.717, 1.165) is 10.5 Å². The number of rotatable bonds is 5. The van der Waals surface area contributed by atoms with Gasteiger partial charge >= 0.3 is 0 Å². The summed E-state index contributed by atoms with van der Waals surface area (Å²) in [7, 11) is 0. The molecule has 5 nitrogen and oxygen atoms in total. The molecule has 1 aromatic rings. The quantitative estimate of drug-likeness (QED) is 0.832. The van der Waals surface area contributed by atoms with Crippen molar-refractivity contribution in [1.82, 2.24) is 10.2 Å². The highest BCUT2D eigenvalue weighted by Crippen LogP contribution is 2.12. The molecule has 21 heavy (non-hydrogen) atoms. The Morgan fingerprint density at radius 3 is 2.57 bits per heavy atom.